The summed E-state index contributed by atoms with van der Waals surface area (Å²) in [4.78, 5) is 16.8. The number of rotatable bonds is 5. The molecule has 1 amide bonds. The zero-order valence-electron chi connectivity index (χ0n) is 12.7. The molecule has 116 valence electrons. The lowest BCUT2D eigenvalue weighted by molar-refractivity contribution is 0.0906. The molecule has 0 aromatic carbocycles. The van der Waals surface area contributed by atoms with Gasteiger partial charge in [-0.1, -0.05) is 0 Å². The summed E-state index contributed by atoms with van der Waals surface area (Å²) in [6.45, 7) is 3.38. The molecule has 4 nitrogen and oxygen atoms in total. The first-order valence-electron chi connectivity index (χ1n) is 7.64. The minimum Gasteiger partial charge on any atom is -0.378 e. The number of aryl methyl sites for hydroxylation is 1. The van der Waals surface area contributed by atoms with Crippen molar-refractivity contribution in [1.82, 2.24) is 10.3 Å². The number of nitrogens with zero attached hydrogens (tertiary/aromatic N) is 1. The van der Waals surface area contributed by atoms with Crippen LogP contribution in [0.15, 0.2) is 29.0 Å². The van der Waals surface area contributed by atoms with Crippen LogP contribution in [0.2, 0.25) is 0 Å². The summed E-state index contributed by atoms with van der Waals surface area (Å²) >= 11 is 1.64. The second-order valence-corrected chi connectivity index (χ2v) is 6.30. The van der Waals surface area contributed by atoms with Gasteiger partial charge >= 0.3 is 0 Å². The Morgan fingerprint density at radius 3 is 3.05 bits per heavy atom. The molecule has 1 aliphatic heterocycles. The van der Waals surface area contributed by atoms with E-state index < -0.39 is 0 Å². The second-order valence-electron chi connectivity index (χ2n) is 5.52. The van der Waals surface area contributed by atoms with Gasteiger partial charge in [-0.2, -0.15) is 11.3 Å². The molecule has 3 heterocycles. The van der Waals surface area contributed by atoms with Crippen LogP contribution in [-0.2, 0) is 4.74 Å². The Balaban J connectivity index is 1.60. The zero-order chi connectivity index (χ0) is 15.4. The Bertz CT molecular complexity index is 634. The van der Waals surface area contributed by atoms with E-state index in [1.807, 2.05) is 30.5 Å². The molecule has 0 aliphatic carbocycles. The zero-order valence-corrected chi connectivity index (χ0v) is 13.5. The molecule has 1 aliphatic rings. The maximum atomic E-state index is 12.2. The van der Waals surface area contributed by atoms with Crippen LogP contribution >= 0.6 is 11.3 Å². The van der Waals surface area contributed by atoms with E-state index in [4.69, 9.17) is 4.74 Å². The summed E-state index contributed by atoms with van der Waals surface area (Å²) in [5, 5.41) is 7.05. The minimum atomic E-state index is -0.0557. The third-order valence-electron chi connectivity index (χ3n) is 3.92. The summed E-state index contributed by atoms with van der Waals surface area (Å²) in [7, 11) is 0. The van der Waals surface area contributed by atoms with Gasteiger partial charge in [0.25, 0.3) is 5.91 Å². The number of hydrogen-bond acceptors (Lipinski definition) is 4. The number of pyridine rings is 1. The van der Waals surface area contributed by atoms with Crippen LogP contribution in [0, 0.1) is 6.92 Å². The number of thiophene rings is 1. The Morgan fingerprint density at radius 1 is 1.45 bits per heavy atom. The number of carbonyl (C=O) groups is 1. The van der Waals surface area contributed by atoms with Gasteiger partial charge in [-0.15, -0.1) is 0 Å². The molecular formula is C17H20N2O2S. The molecule has 1 fully saturated rings. The molecule has 1 saturated heterocycles. The van der Waals surface area contributed by atoms with E-state index in [1.165, 1.54) is 0 Å². The normalized spacial score (nSPS) is 17.6. The summed E-state index contributed by atoms with van der Waals surface area (Å²) in [5.41, 5.74) is 3.41. The summed E-state index contributed by atoms with van der Waals surface area (Å²) < 4.78 is 5.56. The van der Waals surface area contributed by atoms with Crippen molar-refractivity contribution in [3.8, 4) is 11.3 Å². The predicted molar refractivity (Wildman–Crippen MR) is 88.2 cm³/mol. The lowest BCUT2D eigenvalue weighted by atomic mass is 10.1. The molecule has 22 heavy (non-hydrogen) atoms. The Morgan fingerprint density at radius 2 is 2.36 bits per heavy atom. The van der Waals surface area contributed by atoms with E-state index in [1.54, 1.807) is 11.3 Å². The maximum absolute atomic E-state index is 12.2. The summed E-state index contributed by atoms with van der Waals surface area (Å²) in [5.74, 6) is -0.0557. The predicted octanol–water partition coefficient (Wildman–Crippen LogP) is 3.42. The Hall–Kier alpha value is -1.72. The number of nitrogens with one attached hydrogen (secondary N) is 1. The van der Waals surface area contributed by atoms with Gasteiger partial charge in [0.05, 0.1) is 23.1 Å². The van der Waals surface area contributed by atoms with Crippen molar-refractivity contribution >= 4 is 17.2 Å². The average molecular weight is 316 g/mol. The van der Waals surface area contributed by atoms with E-state index >= 15 is 0 Å². The van der Waals surface area contributed by atoms with E-state index in [2.05, 4.69) is 15.7 Å². The lowest BCUT2D eigenvalue weighted by Crippen LogP contribution is -2.27. The van der Waals surface area contributed by atoms with Crippen molar-refractivity contribution in [1.29, 1.82) is 0 Å². The van der Waals surface area contributed by atoms with Crippen molar-refractivity contribution < 1.29 is 9.53 Å². The van der Waals surface area contributed by atoms with Crippen LogP contribution in [0.25, 0.3) is 11.3 Å². The van der Waals surface area contributed by atoms with Crippen molar-refractivity contribution in [2.75, 3.05) is 13.2 Å². The van der Waals surface area contributed by atoms with E-state index in [0.717, 1.165) is 42.8 Å². The fraction of sp³-hybridized carbons (Fsp3) is 0.412. The molecular weight excluding hydrogens is 296 g/mol. The third kappa shape index (κ3) is 3.54. The van der Waals surface area contributed by atoms with Crippen molar-refractivity contribution in [2.45, 2.75) is 32.3 Å². The van der Waals surface area contributed by atoms with Gasteiger partial charge in [-0.25, -0.2) is 0 Å². The van der Waals surface area contributed by atoms with Crippen LogP contribution in [-0.4, -0.2) is 30.1 Å². The van der Waals surface area contributed by atoms with Crippen LogP contribution in [0.5, 0.6) is 0 Å². The van der Waals surface area contributed by atoms with Gasteiger partial charge in [-0.3, -0.25) is 9.78 Å². The molecule has 0 bridgehead atoms. The van der Waals surface area contributed by atoms with Crippen molar-refractivity contribution in [3.05, 3.63) is 40.2 Å². The first kappa shape index (κ1) is 15.2. The molecule has 1 atom stereocenters. The van der Waals surface area contributed by atoms with Gasteiger partial charge in [0.2, 0.25) is 0 Å². The monoisotopic (exact) mass is 316 g/mol. The maximum Gasteiger partial charge on any atom is 0.253 e. The summed E-state index contributed by atoms with van der Waals surface area (Å²) in [6, 6.07) is 5.80. The van der Waals surface area contributed by atoms with Crippen LogP contribution in [0.1, 0.15) is 35.3 Å². The highest BCUT2D eigenvalue weighted by molar-refractivity contribution is 7.08. The smallest absolute Gasteiger partial charge is 0.253 e. The quantitative estimate of drug-likeness (QED) is 0.919. The van der Waals surface area contributed by atoms with Gasteiger partial charge in [-0.05, 0) is 49.8 Å². The van der Waals surface area contributed by atoms with Crippen molar-refractivity contribution in [2.24, 2.45) is 0 Å². The molecule has 0 radical (unpaired) electrons. The number of hydrogen-bond donors (Lipinski definition) is 1. The minimum absolute atomic E-state index is 0.0557. The SMILES string of the molecule is Cc1nc(-c2ccsc2)ccc1C(=O)NCC[C@@H]1CCCO1. The van der Waals surface area contributed by atoms with Gasteiger partial charge in [0.15, 0.2) is 0 Å². The first-order chi connectivity index (χ1) is 10.7. The number of carbonyl (C=O) groups excluding carboxylic acids is 1. The van der Waals surface area contributed by atoms with E-state index in [-0.39, 0.29) is 5.91 Å². The highest BCUT2D eigenvalue weighted by atomic mass is 32.1. The number of ether oxygens (including phenoxy) is 1. The molecule has 1 N–H and O–H groups in total. The molecule has 2 aromatic heterocycles. The third-order valence-corrected chi connectivity index (χ3v) is 4.61. The highest BCUT2D eigenvalue weighted by Gasteiger charge is 2.16. The van der Waals surface area contributed by atoms with Crippen LogP contribution < -0.4 is 5.32 Å². The molecule has 0 spiro atoms. The fourth-order valence-electron chi connectivity index (χ4n) is 2.69. The summed E-state index contributed by atoms with van der Waals surface area (Å²) in [6.07, 6.45) is 3.42. The van der Waals surface area contributed by atoms with Crippen molar-refractivity contribution in [3.63, 3.8) is 0 Å². The van der Waals surface area contributed by atoms with Gasteiger partial charge in [0.1, 0.15) is 0 Å². The van der Waals surface area contributed by atoms with Crippen LogP contribution in [0.3, 0.4) is 0 Å². The van der Waals surface area contributed by atoms with E-state index in [0.29, 0.717) is 18.2 Å². The largest absolute Gasteiger partial charge is 0.378 e. The first-order valence-corrected chi connectivity index (χ1v) is 8.58. The van der Waals surface area contributed by atoms with Gasteiger partial charge in [0, 0.05) is 24.1 Å². The second kappa shape index (κ2) is 7.03. The highest BCUT2D eigenvalue weighted by Crippen LogP contribution is 2.21. The van der Waals surface area contributed by atoms with Gasteiger partial charge < -0.3 is 10.1 Å². The lowest BCUT2D eigenvalue weighted by Gasteiger charge is -2.11. The Labute approximate surface area is 134 Å². The molecule has 3 rings (SSSR count). The number of aromatic nitrogens is 1. The topological polar surface area (TPSA) is 51.2 Å². The molecule has 0 saturated carbocycles. The Kier molecular flexibility index (Phi) is 4.85. The number of amides is 1. The van der Waals surface area contributed by atoms with Crippen LogP contribution in [0.4, 0.5) is 0 Å². The average Bonchev–Trinajstić information content (AvgIpc) is 3.20. The molecule has 0 unspecified atom stereocenters. The van der Waals surface area contributed by atoms with E-state index in [9.17, 15) is 4.79 Å². The standard InChI is InChI=1S/C17H20N2O2S/c1-12-15(4-5-16(19-12)13-7-10-22-11-13)17(20)18-8-6-14-3-2-9-21-14/h4-5,7,10-11,14H,2-3,6,8-9H2,1H3,(H,18,20)/t14-/m0/s1. The molecule has 5 heteroatoms. The molecule has 2 aromatic rings. The fourth-order valence-corrected chi connectivity index (χ4v) is 3.34.